The van der Waals surface area contributed by atoms with Crippen LogP contribution >= 0.6 is 11.8 Å². The van der Waals surface area contributed by atoms with Crippen LogP contribution in [-0.4, -0.2) is 0 Å². The SMILES string of the molecule is CCCCC(SCc1ccccc1)c1ccccc1. The summed E-state index contributed by atoms with van der Waals surface area (Å²) in [5.41, 5.74) is 2.89. The lowest BCUT2D eigenvalue weighted by molar-refractivity contribution is 0.706. The maximum absolute atomic E-state index is 2.27. The number of rotatable bonds is 7. The summed E-state index contributed by atoms with van der Waals surface area (Å²) in [6, 6.07) is 21.7. The molecular formula is C18H22S. The van der Waals surface area contributed by atoms with Crippen molar-refractivity contribution in [1.29, 1.82) is 0 Å². The van der Waals surface area contributed by atoms with E-state index in [0.717, 1.165) is 5.75 Å². The standard InChI is InChI=1S/C18H22S/c1-2-3-14-18(17-12-8-5-9-13-17)19-15-16-10-6-4-7-11-16/h4-13,18H,2-3,14-15H2,1H3. The molecule has 0 heterocycles. The summed E-state index contributed by atoms with van der Waals surface area (Å²) >= 11 is 2.07. The zero-order valence-electron chi connectivity index (χ0n) is 11.6. The first-order valence-electron chi connectivity index (χ1n) is 7.10. The predicted molar refractivity (Wildman–Crippen MR) is 86.4 cm³/mol. The van der Waals surface area contributed by atoms with Gasteiger partial charge in [0.2, 0.25) is 0 Å². The zero-order chi connectivity index (χ0) is 13.3. The van der Waals surface area contributed by atoms with Crippen molar-refractivity contribution in [2.75, 3.05) is 0 Å². The van der Waals surface area contributed by atoms with E-state index in [2.05, 4.69) is 79.3 Å². The highest BCUT2D eigenvalue weighted by atomic mass is 32.2. The molecule has 0 saturated heterocycles. The van der Waals surface area contributed by atoms with Gasteiger partial charge in [-0.25, -0.2) is 0 Å². The maximum atomic E-state index is 2.27. The summed E-state index contributed by atoms with van der Waals surface area (Å²) in [6.45, 7) is 2.27. The van der Waals surface area contributed by atoms with Crippen molar-refractivity contribution >= 4 is 11.8 Å². The molecule has 100 valence electrons. The highest BCUT2D eigenvalue weighted by Crippen LogP contribution is 2.35. The van der Waals surface area contributed by atoms with E-state index >= 15 is 0 Å². The first-order chi connectivity index (χ1) is 9.40. The van der Waals surface area contributed by atoms with Gasteiger partial charge in [-0.3, -0.25) is 0 Å². The van der Waals surface area contributed by atoms with Crippen LogP contribution in [0.2, 0.25) is 0 Å². The van der Waals surface area contributed by atoms with Crippen LogP contribution in [0.1, 0.15) is 42.6 Å². The van der Waals surface area contributed by atoms with Gasteiger partial charge in [0.15, 0.2) is 0 Å². The zero-order valence-corrected chi connectivity index (χ0v) is 12.4. The van der Waals surface area contributed by atoms with Gasteiger partial charge >= 0.3 is 0 Å². The topological polar surface area (TPSA) is 0 Å². The monoisotopic (exact) mass is 270 g/mol. The Hall–Kier alpha value is -1.21. The highest BCUT2D eigenvalue weighted by molar-refractivity contribution is 7.98. The van der Waals surface area contributed by atoms with Crippen molar-refractivity contribution in [2.24, 2.45) is 0 Å². The second-order valence-corrected chi connectivity index (χ2v) is 6.03. The lowest BCUT2D eigenvalue weighted by atomic mass is 10.1. The van der Waals surface area contributed by atoms with E-state index in [9.17, 15) is 0 Å². The Balaban J connectivity index is 1.98. The number of hydrogen-bond donors (Lipinski definition) is 0. The Bertz CT molecular complexity index is 450. The van der Waals surface area contributed by atoms with E-state index in [1.807, 2.05) is 0 Å². The summed E-state index contributed by atoms with van der Waals surface area (Å²) in [5, 5.41) is 0.626. The third kappa shape index (κ3) is 4.76. The van der Waals surface area contributed by atoms with Crippen molar-refractivity contribution in [1.82, 2.24) is 0 Å². The van der Waals surface area contributed by atoms with Crippen LogP contribution in [0.15, 0.2) is 60.7 Å². The molecule has 0 radical (unpaired) electrons. The molecule has 0 saturated carbocycles. The first-order valence-corrected chi connectivity index (χ1v) is 8.15. The molecule has 0 nitrogen and oxygen atoms in total. The van der Waals surface area contributed by atoms with Crippen LogP contribution < -0.4 is 0 Å². The summed E-state index contributed by atoms with van der Waals surface area (Å²) < 4.78 is 0. The van der Waals surface area contributed by atoms with Crippen LogP contribution in [0.5, 0.6) is 0 Å². The van der Waals surface area contributed by atoms with Crippen molar-refractivity contribution in [3.63, 3.8) is 0 Å². The molecule has 0 fully saturated rings. The average molecular weight is 270 g/mol. The van der Waals surface area contributed by atoms with E-state index in [0.29, 0.717) is 5.25 Å². The molecule has 1 heteroatoms. The maximum Gasteiger partial charge on any atom is 0.0300 e. The summed E-state index contributed by atoms with van der Waals surface area (Å²) in [5.74, 6) is 1.10. The molecule has 2 rings (SSSR count). The molecule has 0 aliphatic heterocycles. The van der Waals surface area contributed by atoms with Crippen LogP contribution in [0.25, 0.3) is 0 Å². The third-order valence-electron chi connectivity index (χ3n) is 3.29. The van der Waals surface area contributed by atoms with Crippen LogP contribution in [0, 0.1) is 0 Å². The summed E-state index contributed by atoms with van der Waals surface area (Å²) in [6.07, 6.45) is 3.86. The van der Waals surface area contributed by atoms with Gasteiger partial charge in [0.1, 0.15) is 0 Å². The molecule has 0 amide bonds. The van der Waals surface area contributed by atoms with Crippen LogP contribution in [0.3, 0.4) is 0 Å². The summed E-state index contributed by atoms with van der Waals surface area (Å²) in [7, 11) is 0. The van der Waals surface area contributed by atoms with E-state index in [1.54, 1.807) is 0 Å². The highest BCUT2D eigenvalue weighted by Gasteiger charge is 2.11. The second kappa shape index (κ2) is 8.06. The minimum atomic E-state index is 0.626. The minimum Gasteiger partial charge on any atom is -0.149 e. The van der Waals surface area contributed by atoms with Gasteiger partial charge < -0.3 is 0 Å². The smallest absolute Gasteiger partial charge is 0.0300 e. The van der Waals surface area contributed by atoms with Gasteiger partial charge in [-0.05, 0) is 17.5 Å². The molecule has 0 spiro atoms. The molecule has 0 N–H and O–H groups in total. The van der Waals surface area contributed by atoms with Gasteiger partial charge in [0.05, 0.1) is 0 Å². The van der Waals surface area contributed by atoms with Gasteiger partial charge in [-0.1, -0.05) is 80.4 Å². The molecule has 2 aromatic carbocycles. The fourth-order valence-electron chi connectivity index (χ4n) is 2.17. The number of unbranched alkanes of at least 4 members (excludes halogenated alkanes) is 1. The third-order valence-corrected chi connectivity index (χ3v) is 4.70. The summed E-state index contributed by atoms with van der Waals surface area (Å²) in [4.78, 5) is 0. The van der Waals surface area contributed by atoms with Crippen molar-refractivity contribution < 1.29 is 0 Å². The minimum absolute atomic E-state index is 0.626. The lowest BCUT2D eigenvalue weighted by Crippen LogP contribution is -1.95. The van der Waals surface area contributed by atoms with Crippen molar-refractivity contribution in [3.8, 4) is 0 Å². The average Bonchev–Trinajstić information content (AvgIpc) is 2.49. The molecular weight excluding hydrogens is 248 g/mol. The van der Waals surface area contributed by atoms with Crippen molar-refractivity contribution in [2.45, 2.75) is 37.2 Å². The molecule has 0 bridgehead atoms. The lowest BCUT2D eigenvalue weighted by Gasteiger charge is -2.17. The van der Waals surface area contributed by atoms with E-state index in [-0.39, 0.29) is 0 Å². The first kappa shape index (κ1) is 14.2. The van der Waals surface area contributed by atoms with Gasteiger partial charge in [0.25, 0.3) is 0 Å². The van der Waals surface area contributed by atoms with E-state index in [4.69, 9.17) is 0 Å². The van der Waals surface area contributed by atoms with E-state index < -0.39 is 0 Å². The Kier molecular flexibility index (Phi) is 6.03. The number of hydrogen-bond acceptors (Lipinski definition) is 1. The number of thioether (sulfide) groups is 1. The molecule has 1 unspecified atom stereocenters. The van der Waals surface area contributed by atoms with Crippen molar-refractivity contribution in [3.05, 3.63) is 71.8 Å². The Morgan fingerprint density at radius 3 is 2.16 bits per heavy atom. The molecule has 0 aromatic heterocycles. The molecule has 2 aromatic rings. The second-order valence-electron chi connectivity index (χ2n) is 4.84. The van der Waals surface area contributed by atoms with Crippen LogP contribution in [0.4, 0.5) is 0 Å². The van der Waals surface area contributed by atoms with Gasteiger partial charge in [-0.15, -0.1) is 11.8 Å². The van der Waals surface area contributed by atoms with E-state index in [1.165, 1.54) is 30.4 Å². The predicted octanol–water partition coefficient (Wildman–Crippen LogP) is 5.85. The normalized spacial score (nSPS) is 12.3. The van der Waals surface area contributed by atoms with Crippen LogP contribution in [-0.2, 0) is 5.75 Å². The Morgan fingerprint density at radius 2 is 1.53 bits per heavy atom. The van der Waals surface area contributed by atoms with Gasteiger partial charge in [-0.2, -0.15) is 0 Å². The quantitative estimate of drug-likeness (QED) is 0.608. The molecule has 19 heavy (non-hydrogen) atoms. The van der Waals surface area contributed by atoms with Gasteiger partial charge in [0, 0.05) is 11.0 Å². The number of benzene rings is 2. The Morgan fingerprint density at radius 1 is 0.895 bits per heavy atom. The fraction of sp³-hybridized carbons (Fsp3) is 0.333. The molecule has 0 aliphatic rings. The fourth-order valence-corrected chi connectivity index (χ4v) is 3.44. The molecule has 0 aliphatic carbocycles. The Labute approximate surface area is 121 Å². The molecule has 1 atom stereocenters. The largest absolute Gasteiger partial charge is 0.149 e.